The number of sulfone groups is 1. The molecule has 32 heavy (non-hydrogen) atoms. The molecule has 2 aliphatic rings. The topological polar surface area (TPSA) is 127 Å². The average Bonchev–Trinajstić information content (AvgIpc) is 3.13. The second-order valence-corrected chi connectivity index (χ2v) is 10.5. The van der Waals surface area contributed by atoms with Gasteiger partial charge in [-0.25, -0.2) is 13.2 Å². The van der Waals surface area contributed by atoms with Crippen LogP contribution in [-0.2, 0) is 19.4 Å². The summed E-state index contributed by atoms with van der Waals surface area (Å²) >= 11 is 0. The summed E-state index contributed by atoms with van der Waals surface area (Å²) < 4.78 is 28.8. The molecular weight excluding hydrogens is 438 g/mol. The molecule has 3 rings (SSSR count). The van der Waals surface area contributed by atoms with Gasteiger partial charge in [0.1, 0.15) is 5.69 Å². The van der Waals surface area contributed by atoms with Gasteiger partial charge in [0.15, 0.2) is 15.9 Å². The van der Waals surface area contributed by atoms with Gasteiger partial charge in [-0.05, 0) is 51.7 Å². The molecule has 0 N–H and O–H groups in total. The van der Waals surface area contributed by atoms with Crippen LogP contribution < -0.4 is 4.90 Å². The summed E-state index contributed by atoms with van der Waals surface area (Å²) in [5.74, 6) is -1.39. The minimum atomic E-state index is -3.17. The second-order valence-electron chi connectivity index (χ2n) is 8.24. The Morgan fingerprint density at radius 2 is 1.97 bits per heavy atom. The summed E-state index contributed by atoms with van der Waals surface area (Å²) in [6.45, 7) is 4.89. The standard InChI is InChI=1S/C21H29N3O7S/c1-3-23(17-9-12-32(29,30)14-17)20(25)15(2)31-21(26)16-7-8-18(19(13-16)24(27)28)22-10-5-4-6-11-22/h7-8,13,15,17H,3-6,9-12,14H2,1-2H3/t15-,17-/m1/s1. The zero-order valence-electron chi connectivity index (χ0n) is 18.4. The Morgan fingerprint density at radius 3 is 2.53 bits per heavy atom. The van der Waals surface area contributed by atoms with E-state index in [0.717, 1.165) is 32.4 Å². The number of nitro benzene ring substituents is 1. The van der Waals surface area contributed by atoms with Crippen LogP contribution in [0.4, 0.5) is 11.4 Å². The predicted molar refractivity (Wildman–Crippen MR) is 118 cm³/mol. The molecule has 1 aromatic carbocycles. The molecule has 0 aromatic heterocycles. The monoisotopic (exact) mass is 467 g/mol. The molecule has 1 amide bonds. The number of carbonyl (C=O) groups is 2. The van der Waals surface area contributed by atoms with Crippen LogP contribution >= 0.6 is 0 Å². The molecule has 0 aliphatic carbocycles. The van der Waals surface area contributed by atoms with E-state index in [9.17, 15) is 28.1 Å². The summed E-state index contributed by atoms with van der Waals surface area (Å²) in [5.41, 5.74) is 0.283. The van der Waals surface area contributed by atoms with E-state index in [1.807, 2.05) is 4.90 Å². The Balaban J connectivity index is 1.72. The van der Waals surface area contributed by atoms with Crippen LogP contribution in [0.2, 0.25) is 0 Å². The van der Waals surface area contributed by atoms with Crippen LogP contribution in [0.3, 0.4) is 0 Å². The van der Waals surface area contributed by atoms with Crippen molar-refractivity contribution in [1.82, 2.24) is 4.90 Å². The number of ether oxygens (including phenoxy) is 1. The maximum atomic E-state index is 12.8. The van der Waals surface area contributed by atoms with Crippen molar-refractivity contribution < 1.29 is 27.7 Å². The molecule has 0 bridgehead atoms. The molecule has 0 saturated carbocycles. The molecule has 2 fully saturated rings. The molecule has 2 heterocycles. The summed E-state index contributed by atoms with van der Waals surface area (Å²) in [4.78, 5) is 39.9. The molecule has 2 atom stereocenters. The van der Waals surface area contributed by atoms with E-state index in [1.165, 1.54) is 24.0 Å². The van der Waals surface area contributed by atoms with Crippen LogP contribution in [-0.4, -0.2) is 73.4 Å². The predicted octanol–water partition coefficient (Wildman–Crippen LogP) is 2.17. The minimum absolute atomic E-state index is 0.0106. The fraction of sp³-hybridized carbons (Fsp3) is 0.619. The number of piperidine rings is 1. The SMILES string of the molecule is CCN(C(=O)[C@@H](C)OC(=O)c1ccc(N2CCCCC2)c([N+](=O)[O-])c1)[C@@H]1CCS(=O)(=O)C1. The van der Waals surface area contributed by atoms with Gasteiger partial charge < -0.3 is 14.5 Å². The Hall–Kier alpha value is -2.69. The van der Waals surface area contributed by atoms with Gasteiger partial charge in [0, 0.05) is 31.7 Å². The van der Waals surface area contributed by atoms with E-state index in [-0.39, 0.29) is 29.3 Å². The number of nitro groups is 1. The first-order chi connectivity index (χ1) is 15.1. The molecule has 0 unspecified atom stereocenters. The molecule has 176 valence electrons. The van der Waals surface area contributed by atoms with Crippen LogP contribution in [0.5, 0.6) is 0 Å². The highest BCUT2D eigenvalue weighted by atomic mass is 32.2. The van der Waals surface area contributed by atoms with Crippen molar-refractivity contribution in [3.8, 4) is 0 Å². The number of rotatable bonds is 7. The maximum absolute atomic E-state index is 12.8. The van der Waals surface area contributed by atoms with E-state index in [2.05, 4.69) is 0 Å². The highest BCUT2D eigenvalue weighted by molar-refractivity contribution is 7.91. The first kappa shape index (κ1) is 24.0. The number of likely N-dealkylation sites (N-methyl/N-ethyl adjacent to an activating group) is 1. The third-order valence-electron chi connectivity index (χ3n) is 6.01. The highest BCUT2D eigenvalue weighted by Crippen LogP contribution is 2.31. The lowest BCUT2D eigenvalue weighted by atomic mass is 10.1. The zero-order chi connectivity index (χ0) is 23.5. The normalized spacial score (nSPS) is 21.1. The largest absolute Gasteiger partial charge is 0.449 e. The smallest absolute Gasteiger partial charge is 0.339 e. The molecule has 1 aromatic rings. The number of amides is 1. The van der Waals surface area contributed by atoms with Crippen LogP contribution in [0.25, 0.3) is 0 Å². The van der Waals surface area contributed by atoms with Gasteiger partial charge in [-0.15, -0.1) is 0 Å². The highest BCUT2D eigenvalue weighted by Gasteiger charge is 2.36. The first-order valence-corrected chi connectivity index (χ1v) is 12.7. The van der Waals surface area contributed by atoms with Crippen LogP contribution in [0, 0.1) is 10.1 Å². The van der Waals surface area contributed by atoms with E-state index in [1.54, 1.807) is 13.0 Å². The van der Waals surface area contributed by atoms with Gasteiger partial charge in [-0.1, -0.05) is 0 Å². The van der Waals surface area contributed by atoms with Gasteiger partial charge >= 0.3 is 5.97 Å². The average molecular weight is 468 g/mol. The summed E-state index contributed by atoms with van der Waals surface area (Å²) in [5, 5.41) is 11.6. The number of hydrogen-bond donors (Lipinski definition) is 0. The molecule has 0 spiro atoms. The fourth-order valence-corrected chi connectivity index (χ4v) is 6.06. The van der Waals surface area contributed by atoms with Gasteiger partial charge in [-0.3, -0.25) is 14.9 Å². The second kappa shape index (κ2) is 9.85. The number of anilines is 1. The quantitative estimate of drug-likeness (QED) is 0.339. The first-order valence-electron chi connectivity index (χ1n) is 10.9. The lowest BCUT2D eigenvalue weighted by molar-refractivity contribution is -0.384. The lowest BCUT2D eigenvalue weighted by Gasteiger charge is -2.29. The molecule has 0 radical (unpaired) electrons. The van der Waals surface area contributed by atoms with Crippen molar-refractivity contribution in [3.05, 3.63) is 33.9 Å². The fourth-order valence-electron chi connectivity index (χ4n) is 4.33. The molecule has 2 aliphatic heterocycles. The summed E-state index contributed by atoms with van der Waals surface area (Å²) in [6, 6.07) is 3.76. The molecule has 11 heteroatoms. The van der Waals surface area contributed by atoms with Crippen molar-refractivity contribution in [3.63, 3.8) is 0 Å². The number of nitrogens with zero attached hydrogens (tertiary/aromatic N) is 3. The van der Waals surface area contributed by atoms with Crippen LogP contribution in [0.15, 0.2) is 18.2 Å². The van der Waals surface area contributed by atoms with E-state index < -0.39 is 38.8 Å². The van der Waals surface area contributed by atoms with Crippen molar-refractivity contribution in [2.75, 3.05) is 36.0 Å². The van der Waals surface area contributed by atoms with Gasteiger partial charge in [0.2, 0.25) is 0 Å². The molecule has 10 nitrogen and oxygen atoms in total. The van der Waals surface area contributed by atoms with Gasteiger partial charge in [0.05, 0.1) is 22.0 Å². The number of carbonyl (C=O) groups excluding carboxylic acids is 2. The van der Waals surface area contributed by atoms with E-state index >= 15 is 0 Å². The third kappa shape index (κ3) is 5.37. The zero-order valence-corrected chi connectivity index (χ0v) is 19.2. The molecular formula is C21H29N3O7S. The summed E-state index contributed by atoms with van der Waals surface area (Å²) in [7, 11) is -3.17. The minimum Gasteiger partial charge on any atom is -0.449 e. The van der Waals surface area contributed by atoms with E-state index in [0.29, 0.717) is 12.1 Å². The number of esters is 1. The van der Waals surface area contributed by atoms with Gasteiger partial charge in [-0.2, -0.15) is 0 Å². The molecule has 2 saturated heterocycles. The van der Waals surface area contributed by atoms with Crippen molar-refractivity contribution in [2.24, 2.45) is 0 Å². The summed E-state index contributed by atoms with van der Waals surface area (Å²) in [6.07, 6.45) is 2.20. The number of hydrogen-bond acceptors (Lipinski definition) is 8. The third-order valence-corrected chi connectivity index (χ3v) is 7.76. The maximum Gasteiger partial charge on any atom is 0.339 e. The Morgan fingerprint density at radius 1 is 1.28 bits per heavy atom. The number of benzene rings is 1. The van der Waals surface area contributed by atoms with E-state index in [4.69, 9.17) is 4.74 Å². The van der Waals surface area contributed by atoms with Crippen molar-refractivity contribution in [1.29, 1.82) is 0 Å². The Labute approximate surface area is 187 Å². The van der Waals surface area contributed by atoms with Gasteiger partial charge in [0.25, 0.3) is 11.6 Å². The van der Waals surface area contributed by atoms with Crippen LogP contribution in [0.1, 0.15) is 49.9 Å². The Bertz CT molecular complexity index is 989. The lowest BCUT2D eigenvalue weighted by Crippen LogP contribution is -2.46. The van der Waals surface area contributed by atoms with Crippen molar-refractivity contribution in [2.45, 2.75) is 51.7 Å². The Kier molecular flexibility index (Phi) is 7.37. The van der Waals surface area contributed by atoms with Crippen molar-refractivity contribution >= 4 is 33.1 Å².